The molecule has 5 heteroatoms. The van der Waals surface area contributed by atoms with Gasteiger partial charge in [-0.15, -0.1) is 0 Å². The molecule has 0 bridgehead atoms. The molecule has 2 aromatic rings. The third-order valence-electron chi connectivity index (χ3n) is 5.57. The molecule has 0 N–H and O–H groups in total. The number of ketones is 1. The van der Waals surface area contributed by atoms with Gasteiger partial charge in [0.2, 0.25) is 5.91 Å². The molecule has 0 spiro atoms. The number of benzene rings is 2. The van der Waals surface area contributed by atoms with Crippen molar-refractivity contribution in [3.05, 3.63) is 64.7 Å². The second-order valence-corrected chi connectivity index (χ2v) is 7.75. The first-order valence-electron chi connectivity index (χ1n) is 10.2. The summed E-state index contributed by atoms with van der Waals surface area (Å²) in [4.78, 5) is 29.3. The summed E-state index contributed by atoms with van der Waals surface area (Å²) in [7, 11) is 1.65. The Labute approximate surface area is 173 Å². The average Bonchev–Trinajstić information content (AvgIpc) is 2.74. The molecule has 1 heterocycles. The maximum atomic E-state index is 12.7. The summed E-state index contributed by atoms with van der Waals surface area (Å²) in [6, 6.07) is 13.9. The molecule has 1 aliphatic heterocycles. The van der Waals surface area contributed by atoms with Gasteiger partial charge in [-0.3, -0.25) is 14.5 Å². The number of carbonyl (C=O) groups is 2. The lowest BCUT2D eigenvalue weighted by atomic mass is 10.0. The number of nitrogens with zero attached hydrogens (tertiary/aromatic N) is 2. The number of rotatable bonds is 7. The fraction of sp³-hybridized carbons (Fsp3) is 0.417. The molecule has 29 heavy (non-hydrogen) atoms. The lowest BCUT2D eigenvalue weighted by molar-refractivity contribution is -0.132. The van der Waals surface area contributed by atoms with Crippen molar-refractivity contribution in [2.45, 2.75) is 26.7 Å². The Bertz CT molecular complexity index is 853. The highest BCUT2D eigenvalue weighted by molar-refractivity contribution is 5.99. The molecule has 2 aromatic carbocycles. The van der Waals surface area contributed by atoms with E-state index in [1.807, 2.05) is 61.2 Å². The summed E-state index contributed by atoms with van der Waals surface area (Å²) in [6.45, 7) is 7.25. The Balaban J connectivity index is 1.45. The van der Waals surface area contributed by atoms with Crippen LogP contribution in [0.5, 0.6) is 5.75 Å². The number of piperazine rings is 1. The van der Waals surface area contributed by atoms with Gasteiger partial charge in [-0.25, -0.2) is 0 Å². The van der Waals surface area contributed by atoms with Gasteiger partial charge in [-0.05, 0) is 49.6 Å². The summed E-state index contributed by atoms with van der Waals surface area (Å²) in [5.74, 6) is 1.17. The molecule has 1 amide bonds. The normalized spacial score (nSPS) is 14.7. The van der Waals surface area contributed by atoms with Crippen molar-refractivity contribution in [1.82, 2.24) is 9.80 Å². The zero-order chi connectivity index (χ0) is 20.8. The van der Waals surface area contributed by atoms with E-state index in [1.54, 1.807) is 7.11 Å². The molecule has 1 aliphatic rings. The Morgan fingerprint density at radius 1 is 0.966 bits per heavy atom. The summed E-state index contributed by atoms with van der Waals surface area (Å²) >= 11 is 0. The molecule has 0 unspecified atom stereocenters. The van der Waals surface area contributed by atoms with E-state index in [0.29, 0.717) is 26.1 Å². The number of hydrogen-bond donors (Lipinski definition) is 0. The SMILES string of the molecule is COc1ccc(CCC(=O)N2CCN(CC(=O)c3cc(C)ccc3C)CC2)cc1. The number of methoxy groups -OCH3 is 1. The van der Waals surface area contributed by atoms with Crippen LogP contribution in [-0.4, -0.2) is 61.3 Å². The number of carbonyl (C=O) groups excluding carboxylic acids is 2. The second kappa shape index (κ2) is 9.70. The molecule has 154 valence electrons. The van der Waals surface area contributed by atoms with E-state index >= 15 is 0 Å². The minimum atomic E-state index is 0.158. The van der Waals surface area contributed by atoms with Crippen molar-refractivity contribution >= 4 is 11.7 Å². The van der Waals surface area contributed by atoms with Crippen LogP contribution in [0.2, 0.25) is 0 Å². The van der Waals surface area contributed by atoms with E-state index in [9.17, 15) is 9.59 Å². The molecule has 3 rings (SSSR count). The van der Waals surface area contributed by atoms with E-state index in [0.717, 1.165) is 47.5 Å². The van der Waals surface area contributed by atoms with Crippen LogP contribution in [0.15, 0.2) is 42.5 Å². The quantitative estimate of drug-likeness (QED) is 0.677. The number of hydrogen-bond acceptors (Lipinski definition) is 4. The maximum absolute atomic E-state index is 12.7. The fourth-order valence-corrected chi connectivity index (χ4v) is 3.68. The summed E-state index contributed by atoms with van der Waals surface area (Å²) in [6.07, 6.45) is 1.24. The van der Waals surface area contributed by atoms with Crippen molar-refractivity contribution in [2.75, 3.05) is 39.8 Å². The van der Waals surface area contributed by atoms with Gasteiger partial charge in [-0.2, -0.15) is 0 Å². The van der Waals surface area contributed by atoms with Crippen molar-refractivity contribution in [2.24, 2.45) is 0 Å². The number of amides is 1. The van der Waals surface area contributed by atoms with Gasteiger partial charge in [0.15, 0.2) is 5.78 Å². The average molecular weight is 395 g/mol. The van der Waals surface area contributed by atoms with Crippen LogP contribution >= 0.6 is 0 Å². The van der Waals surface area contributed by atoms with Crippen molar-refractivity contribution in [3.63, 3.8) is 0 Å². The van der Waals surface area contributed by atoms with Crippen LogP contribution in [0.1, 0.15) is 33.5 Å². The van der Waals surface area contributed by atoms with Gasteiger partial charge in [0, 0.05) is 38.2 Å². The summed E-state index contributed by atoms with van der Waals surface area (Å²) < 4.78 is 5.16. The Kier molecular flexibility index (Phi) is 7.04. The van der Waals surface area contributed by atoms with Crippen LogP contribution in [-0.2, 0) is 11.2 Å². The van der Waals surface area contributed by atoms with E-state index in [4.69, 9.17) is 4.74 Å². The zero-order valence-electron chi connectivity index (χ0n) is 17.6. The minimum absolute atomic E-state index is 0.158. The van der Waals surface area contributed by atoms with Gasteiger partial charge in [0.05, 0.1) is 13.7 Å². The second-order valence-electron chi connectivity index (χ2n) is 7.75. The lowest BCUT2D eigenvalue weighted by Gasteiger charge is -2.34. The number of ether oxygens (including phenoxy) is 1. The molecular formula is C24H30N2O3. The molecule has 0 radical (unpaired) electrons. The van der Waals surface area contributed by atoms with Crippen molar-refractivity contribution in [3.8, 4) is 5.75 Å². The Hall–Kier alpha value is -2.66. The van der Waals surface area contributed by atoms with Gasteiger partial charge in [-0.1, -0.05) is 29.8 Å². The maximum Gasteiger partial charge on any atom is 0.222 e. The third-order valence-corrected chi connectivity index (χ3v) is 5.57. The van der Waals surface area contributed by atoms with Crippen molar-refractivity contribution < 1.29 is 14.3 Å². The molecule has 0 atom stereocenters. The van der Waals surface area contributed by atoms with E-state index in [2.05, 4.69) is 4.90 Å². The Morgan fingerprint density at radius 3 is 2.31 bits per heavy atom. The molecular weight excluding hydrogens is 364 g/mol. The largest absolute Gasteiger partial charge is 0.497 e. The number of Topliss-reactive ketones (excluding diaryl/α,β-unsaturated/α-hetero) is 1. The topological polar surface area (TPSA) is 49.9 Å². The molecule has 0 aliphatic carbocycles. The first-order valence-corrected chi connectivity index (χ1v) is 10.2. The van der Waals surface area contributed by atoms with Gasteiger partial charge >= 0.3 is 0 Å². The Morgan fingerprint density at radius 2 is 1.66 bits per heavy atom. The van der Waals surface area contributed by atoms with Crippen LogP contribution in [0.4, 0.5) is 0 Å². The first kappa shape index (κ1) is 21.1. The monoisotopic (exact) mass is 394 g/mol. The highest BCUT2D eigenvalue weighted by Crippen LogP contribution is 2.15. The smallest absolute Gasteiger partial charge is 0.222 e. The highest BCUT2D eigenvalue weighted by atomic mass is 16.5. The van der Waals surface area contributed by atoms with E-state index in [-0.39, 0.29) is 11.7 Å². The van der Waals surface area contributed by atoms with E-state index < -0.39 is 0 Å². The number of aryl methyl sites for hydroxylation is 3. The standard InChI is InChI=1S/C24H30N2O3/c1-18-4-5-19(2)22(16-18)23(27)17-25-12-14-26(15-13-25)24(28)11-8-20-6-9-21(29-3)10-7-20/h4-7,9-10,16H,8,11-15,17H2,1-3H3. The van der Waals surface area contributed by atoms with Crippen LogP contribution in [0.25, 0.3) is 0 Å². The summed E-state index contributed by atoms with van der Waals surface area (Å²) in [5, 5.41) is 0. The summed E-state index contributed by atoms with van der Waals surface area (Å²) in [5.41, 5.74) is 4.07. The zero-order valence-corrected chi connectivity index (χ0v) is 17.6. The van der Waals surface area contributed by atoms with E-state index in [1.165, 1.54) is 0 Å². The predicted octanol–water partition coefficient (Wildman–Crippen LogP) is 3.27. The van der Waals surface area contributed by atoms with Crippen LogP contribution < -0.4 is 4.74 Å². The molecule has 1 saturated heterocycles. The third kappa shape index (κ3) is 5.67. The van der Waals surface area contributed by atoms with Crippen molar-refractivity contribution in [1.29, 1.82) is 0 Å². The van der Waals surface area contributed by atoms with Gasteiger partial charge in [0.25, 0.3) is 0 Å². The van der Waals surface area contributed by atoms with Gasteiger partial charge in [0.1, 0.15) is 5.75 Å². The molecule has 1 fully saturated rings. The molecule has 0 aromatic heterocycles. The molecule has 0 saturated carbocycles. The fourth-order valence-electron chi connectivity index (χ4n) is 3.68. The predicted molar refractivity (Wildman–Crippen MR) is 115 cm³/mol. The molecule has 5 nitrogen and oxygen atoms in total. The highest BCUT2D eigenvalue weighted by Gasteiger charge is 2.23. The van der Waals surface area contributed by atoms with Crippen LogP contribution in [0.3, 0.4) is 0 Å². The first-order chi connectivity index (χ1) is 14.0. The lowest BCUT2D eigenvalue weighted by Crippen LogP contribution is -2.50. The van der Waals surface area contributed by atoms with Gasteiger partial charge < -0.3 is 9.64 Å². The minimum Gasteiger partial charge on any atom is -0.497 e. The van der Waals surface area contributed by atoms with Crippen LogP contribution in [0, 0.1) is 13.8 Å².